The molecule has 34 heavy (non-hydrogen) atoms. The molecule has 3 aromatic carbocycles. The third-order valence-electron chi connectivity index (χ3n) is 5.10. The standard InChI is InChI=1S/C26H21BrN2O4S/c1-17-7-2-5-12-22(17)28-24(30)16-33-20-10-6-8-18(13-20)14-23-25(31)29(26(32)34-23)15-19-9-3-4-11-21(19)27/h2-14H,15-16H2,1H3,(H,28,30)/b23-14-. The largest absolute Gasteiger partial charge is 0.484 e. The van der Waals surface area contributed by atoms with Gasteiger partial charge in [-0.2, -0.15) is 0 Å². The molecule has 0 unspecified atom stereocenters. The Hall–Kier alpha value is -3.36. The number of thioether (sulfide) groups is 1. The molecule has 0 saturated carbocycles. The topological polar surface area (TPSA) is 75.7 Å². The molecule has 0 aliphatic carbocycles. The number of carbonyl (C=O) groups excluding carboxylic acids is 3. The molecule has 6 nitrogen and oxygen atoms in total. The third-order valence-corrected chi connectivity index (χ3v) is 6.79. The lowest BCUT2D eigenvalue weighted by Crippen LogP contribution is -2.27. The Morgan fingerprint density at radius 2 is 1.82 bits per heavy atom. The van der Waals surface area contributed by atoms with Gasteiger partial charge in [0.15, 0.2) is 6.61 Å². The molecule has 3 amide bonds. The van der Waals surface area contributed by atoms with Crippen LogP contribution >= 0.6 is 27.7 Å². The summed E-state index contributed by atoms with van der Waals surface area (Å²) in [5.74, 6) is -0.122. The monoisotopic (exact) mass is 536 g/mol. The summed E-state index contributed by atoms with van der Waals surface area (Å²) in [7, 11) is 0. The maximum atomic E-state index is 12.9. The normalized spacial score (nSPS) is 14.5. The van der Waals surface area contributed by atoms with Crippen molar-refractivity contribution >= 4 is 56.5 Å². The molecule has 8 heteroatoms. The Morgan fingerprint density at radius 3 is 2.62 bits per heavy atom. The van der Waals surface area contributed by atoms with Crippen LogP contribution in [0.2, 0.25) is 0 Å². The highest BCUT2D eigenvalue weighted by Gasteiger charge is 2.35. The molecule has 1 aliphatic heterocycles. The number of anilines is 1. The van der Waals surface area contributed by atoms with Gasteiger partial charge in [0.1, 0.15) is 5.75 Å². The second kappa shape index (κ2) is 10.7. The van der Waals surface area contributed by atoms with Crippen LogP contribution in [0.25, 0.3) is 6.08 Å². The molecule has 4 rings (SSSR count). The number of nitrogens with one attached hydrogen (secondary N) is 1. The van der Waals surface area contributed by atoms with Gasteiger partial charge >= 0.3 is 0 Å². The van der Waals surface area contributed by atoms with Gasteiger partial charge in [-0.1, -0.05) is 64.5 Å². The summed E-state index contributed by atoms with van der Waals surface area (Å²) < 4.78 is 6.47. The number of hydrogen-bond donors (Lipinski definition) is 1. The number of imide groups is 1. The van der Waals surface area contributed by atoms with Crippen LogP contribution in [0.4, 0.5) is 10.5 Å². The van der Waals surface area contributed by atoms with Crippen molar-refractivity contribution in [3.8, 4) is 5.75 Å². The number of ether oxygens (including phenoxy) is 1. The SMILES string of the molecule is Cc1ccccc1NC(=O)COc1cccc(/C=C2\SC(=O)N(Cc3ccccc3Br)C2=O)c1. The number of carbonyl (C=O) groups is 3. The molecule has 1 heterocycles. The highest BCUT2D eigenvalue weighted by molar-refractivity contribution is 9.10. The molecule has 1 aliphatic rings. The molecular weight excluding hydrogens is 516 g/mol. The molecule has 0 spiro atoms. The van der Waals surface area contributed by atoms with Crippen molar-refractivity contribution < 1.29 is 19.1 Å². The van der Waals surface area contributed by atoms with Crippen molar-refractivity contribution in [1.82, 2.24) is 4.90 Å². The maximum Gasteiger partial charge on any atom is 0.293 e. The van der Waals surface area contributed by atoms with Gasteiger partial charge in [0.25, 0.3) is 17.1 Å². The van der Waals surface area contributed by atoms with Crippen LogP contribution in [0.15, 0.2) is 82.2 Å². The number of benzene rings is 3. The van der Waals surface area contributed by atoms with Gasteiger partial charge in [-0.15, -0.1) is 0 Å². The summed E-state index contributed by atoms with van der Waals surface area (Å²) in [4.78, 5) is 39.1. The van der Waals surface area contributed by atoms with E-state index in [9.17, 15) is 14.4 Å². The van der Waals surface area contributed by atoms with Crippen LogP contribution in [-0.4, -0.2) is 28.6 Å². The molecule has 1 fully saturated rings. The third kappa shape index (κ3) is 5.76. The van der Waals surface area contributed by atoms with Crippen molar-refractivity contribution in [3.63, 3.8) is 0 Å². The number of rotatable bonds is 7. The van der Waals surface area contributed by atoms with E-state index < -0.39 is 0 Å². The van der Waals surface area contributed by atoms with Gasteiger partial charge in [0.2, 0.25) is 0 Å². The Balaban J connectivity index is 1.40. The van der Waals surface area contributed by atoms with Crippen LogP contribution in [0.3, 0.4) is 0 Å². The van der Waals surface area contributed by atoms with Crippen LogP contribution in [0, 0.1) is 6.92 Å². The van der Waals surface area contributed by atoms with E-state index in [1.54, 1.807) is 24.3 Å². The number of aryl methyl sites for hydroxylation is 1. The summed E-state index contributed by atoms with van der Waals surface area (Å²) in [6.45, 7) is 1.96. The second-order valence-corrected chi connectivity index (χ2v) is 9.43. The number of nitrogens with zero attached hydrogens (tertiary/aromatic N) is 1. The first kappa shape index (κ1) is 23.8. The first-order valence-corrected chi connectivity index (χ1v) is 12.1. The summed E-state index contributed by atoms with van der Waals surface area (Å²) in [5.41, 5.74) is 3.25. The fraction of sp³-hybridized carbons (Fsp3) is 0.115. The Kier molecular flexibility index (Phi) is 7.49. The lowest BCUT2D eigenvalue weighted by atomic mass is 10.2. The van der Waals surface area contributed by atoms with Gasteiger partial charge < -0.3 is 10.1 Å². The van der Waals surface area contributed by atoms with Gasteiger partial charge in [0.05, 0.1) is 11.4 Å². The van der Waals surface area contributed by atoms with Gasteiger partial charge in [-0.25, -0.2) is 0 Å². The number of hydrogen-bond acceptors (Lipinski definition) is 5. The van der Waals surface area contributed by atoms with Crippen LogP contribution in [0.5, 0.6) is 5.75 Å². The van der Waals surface area contributed by atoms with E-state index in [1.807, 2.05) is 61.5 Å². The summed E-state index contributed by atoms with van der Waals surface area (Å²) in [5, 5.41) is 2.51. The Bertz CT molecular complexity index is 1290. The minimum absolute atomic E-state index is 0.153. The molecule has 0 bridgehead atoms. The van der Waals surface area contributed by atoms with E-state index in [1.165, 1.54) is 4.90 Å². The van der Waals surface area contributed by atoms with E-state index in [-0.39, 0.29) is 30.2 Å². The van der Waals surface area contributed by atoms with Crippen LogP contribution in [0.1, 0.15) is 16.7 Å². The molecule has 0 aromatic heterocycles. The number of amides is 3. The fourth-order valence-electron chi connectivity index (χ4n) is 3.33. The van der Waals surface area contributed by atoms with Crippen molar-refractivity contribution in [3.05, 3.63) is 98.9 Å². The summed E-state index contributed by atoms with van der Waals surface area (Å²) in [6, 6.07) is 22.0. The second-order valence-electron chi connectivity index (χ2n) is 7.58. The zero-order valence-electron chi connectivity index (χ0n) is 18.3. The molecular formula is C26H21BrN2O4S. The van der Waals surface area contributed by atoms with Gasteiger partial charge in [-0.05, 0) is 65.7 Å². The number of halogens is 1. The van der Waals surface area contributed by atoms with Gasteiger partial charge in [0, 0.05) is 10.2 Å². The predicted molar refractivity (Wildman–Crippen MR) is 137 cm³/mol. The molecule has 1 saturated heterocycles. The molecule has 0 radical (unpaired) electrons. The smallest absolute Gasteiger partial charge is 0.293 e. The van der Waals surface area contributed by atoms with Crippen LogP contribution < -0.4 is 10.1 Å². The average molecular weight is 537 g/mol. The maximum absolute atomic E-state index is 12.9. The first-order valence-electron chi connectivity index (χ1n) is 10.5. The number of para-hydroxylation sites is 1. The molecule has 0 atom stereocenters. The van der Waals surface area contributed by atoms with Crippen molar-refractivity contribution in [1.29, 1.82) is 0 Å². The van der Waals surface area contributed by atoms with Crippen molar-refractivity contribution in [2.45, 2.75) is 13.5 Å². The van der Waals surface area contributed by atoms with E-state index >= 15 is 0 Å². The minimum Gasteiger partial charge on any atom is -0.484 e. The summed E-state index contributed by atoms with van der Waals surface area (Å²) >= 11 is 4.36. The van der Waals surface area contributed by atoms with Gasteiger partial charge in [-0.3, -0.25) is 19.3 Å². The molecule has 3 aromatic rings. The highest BCUT2D eigenvalue weighted by Crippen LogP contribution is 2.34. The zero-order valence-corrected chi connectivity index (χ0v) is 20.7. The van der Waals surface area contributed by atoms with E-state index in [0.717, 1.165) is 33.0 Å². The van der Waals surface area contributed by atoms with Crippen LogP contribution in [-0.2, 0) is 16.1 Å². The average Bonchev–Trinajstić information content (AvgIpc) is 3.08. The molecule has 172 valence electrons. The Morgan fingerprint density at radius 1 is 1.06 bits per heavy atom. The lowest BCUT2D eigenvalue weighted by Gasteiger charge is -2.13. The van der Waals surface area contributed by atoms with E-state index in [2.05, 4.69) is 21.2 Å². The quantitative estimate of drug-likeness (QED) is 0.374. The minimum atomic E-state index is -0.338. The van der Waals surface area contributed by atoms with Crippen molar-refractivity contribution in [2.75, 3.05) is 11.9 Å². The predicted octanol–water partition coefficient (Wildman–Crippen LogP) is 6.01. The zero-order chi connectivity index (χ0) is 24.1. The lowest BCUT2D eigenvalue weighted by molar-refractivity contribution is -0.123. The van der Waals surface area contributed by atoms with E-state index in [0.29, 0.717) is 16.2 Å². The van der Waals surface area contributed by atoms with E-state index in [4.69, 9.17) is 4.74 Å². The highest BCUT2D eigenvalue weighted by atomic mass is 79.9. The molecule has 1 N–H and O–H groups in total. The van der Waals surface area contributed by atoms with Crippen molar-refractivity contribution in [2.24, 2.45) is 0 Å². The first-order chi connectivity index (χ1) is 16.4. The Labute approximate surface area is 210 Å². The summed E-state index contributed by atoms with van der Waals surface area (Å²) in [6.07, 6.45) is 1.66. The fourth-order valence-corrected chi connectivity index (χ4v) is 4.58.